The van der Waals surface area contributed by atoms with Gasteiger partial charge in [0.15, 0.2) is 0 Å². The van der Waals surface area contributed by atoms with Crippen LogP contribution in [0.5, 0.6) is 0 Å². The number of anilines is 1. The fourth-order valence-corrected chi connectivity index (χ4v) is 3.14. The number of aryl methyl sites for hydroxylation is 2. The molecule has 0 radical (unpaired) electrons. The van der Waals surface area contributed by atoms with Crippen molar-refractivity contribution in [2.24, 2.45) is 0 Å². The third-order valence-corrected chi connectivity index (χ3v) is 4.46. The van der Waals surface area contributed by atoms with Gasteiger partial charge >= 0.3 is 6.03 Å². The highest BCUT2D eigenvalue weighted by atomic mass is 16.3. The number of furan rings is 1. The molecule has 1 fully saturated rings. The van der Waals surface area contributed by atoms with Crippen LogP contribution < -0.4 is 10.2 Å². The number of amides is 3. The van der Waals surface area contributed by atoms with Crippen molar-refractivity contribution in [3.8, 4) is 0 Å². The summed E-state index contributed by atoms with van der Waals surface area (Å²) in [4.78, 5) is 32.8. The average Bonchev–Trinajstić information content (AvgIpc) is 3.00. The SMILES string of the molecule is Cc1cc([C@]2(C)NC(=O)N(Cc3ccnc(N(C)C)c3)C2=O)c(C)o1. The summed E-state index contributed by atoms with van der Waals surface area (Å²) in [6.45, 7) is 5.52. The van der Waals surface area contributed by atoms with E-state index in [1.165, 1.54) is 4.90 Å². The second-order valence-corrected chi connectivity index (χ2v) is 6.69. The number of nitrogens with one attached hydrogen (secondary N) is 1. The molecule has 1 aliphatic rings. The lowest BCUT2D eigenvalue weighted by molar-refractivity contribution is -0.131. The Kier molecular flexibility index (Phi) is 4.02. The number of carbonyl (C=O) groups excluding carboxylic acids is 2. The Morgan fingerprint density at radius 1 is 1.28 bits per heavy atom. The number of pyridine rings is 1. The Bertz CT molecular complexity index is 843. The molecule has 0 unspecified atom stereocenters. The summed E-state index contributed by atoms with van der Waals surface area (Å²) < 4.78 is 5.54. The summed E-state index contributed by atoms with van der Waals surface area (Å²) >= 11 is 0. The summed E-state index contributed by atoms with van der Waals surface area (Å²) in [6, 6.07) is 5.06. The number of aromatic nitrogens is 1. The van der Waals surface area contributed by atoms with Gasteiger partial charge in [0.05, 0.1) is 6.54 Å². The monoisotopic (exact) mass is 342 g/mol. The van der Waals surface area contributed by atoms with Gasteiger partial charge in [0, 0.05) is 25.9 Å². The number of hydrogen-bond acceptors (Lipinski definition) is 5. The first-order valence-electron chi connectivity index (χ1n) is 8.06. The lowest BCUT2D eigenvalue weighted by atomic mass is 9.92. The first-order chi connectivity index (χ1) is 11.7. The molecule has 3 rings (SSSR count). The molecule has 3 heterocycles. The minimum absolute atomic E-state index is 0.194. The molecule has 2 aromatic rings. The van der Waals surface area contributed by atoms with E-state index in [0.717, 1.165) is 11.4 Å². The molecule has 0 spiro atoms. The van der Waals surface area contributed by atoms with E-state index >= 15 is 0 Å². The zero-order valence-electron chi connectivity index (χ0n) is 15.1. The van der Waals surface area contributed by atoms with Crippen LogP contribution in [0.15, 0.2) is 28.8 Å². The van der Waals surface area contributed by atoms with E-state index in [4.69, 9.17) is 4.42 Å². The number of rotatable bonds is 4. The molecule has 0 aromatic carbocycles. The highest BCUT2D eigenvalue weighted by Gasteiger charge is 2.50. The van der Waals surface area contributed by atoms with Gasteiger partial charge in [0.25, 0.3) is 5.91 Å². The summed E-state index contributed by atoms with van der Waals surface area (Å²) in [5.41, 5.74) is 0.414. The minimum atomic E-state index is -1.11. The fraction of sp³-hybridized carbons (Fsp3) is 0.389. The van der Waals surface area contributed by atoms with Crippen LogP contribution in [0.25, 0.3) is 0 Å². The zero-order chi connectivity index (χ0) is 18.4. The largest absolute Gasteiger partial charge is 0.466 e. The zero-order valence-corrected chi connectivity index (χ0v) is 15.1. The maximum absolute atomic E-state index is 13.0. The van der Waals surface area contributed by atoms with Gasteiger partial charge < -0.3 is 14.6 Å². The molecule has 25 heavy (non-hydrogen) atoms. The molecule has 1 N–H and O–H groups in total. The highest BCUT2D eigenvalue weighted by Crippen LogP contribution is 2.33. The summed E-state index contributed by atoms with van der Waals surface area (Å²) in [5.74, 6) is 1.83. The molecule has 0 saturated carbocycles. The molecular weight excluding hydrogens is 320 g/mol. The van der Waals surface area contributed by atoms with Gasteiger partial charge in [-0.3, -0.25) is 9.69 Å². The predicted molar refractivity (Wildman–Crippen MR) is 93.2 cm³/mol. The van der Waals surface area contributed by atoms with E-state index in [1.54, 1.807) is 32.2 Å². The van der Waals surface area contributed by atoms with Crippen molar-refractivity contribution in [2.45, 2.75) is 32.9 Å². The van der Waals surface area contributed by atoms with Crippen molar-refractivity contribution in [1.29, 1.82) is 0 Å². The van der Waals surface area contributed by atoms with Crippen molar-refractivity contribution < 1.29 is 14.0 Å². The maximum Gasteiger partial charge on any atom is 0.325 e. The van der Waals surface area contributed by atoms with E-state index in [1.807, 2.05) is 32.0 Å². The van der Waals surface area contributed by atoms with Crippen LogP contribution in [-0.2, 0) is 16.9 Å². The molecule has 132 valence electrons. The van der Waals surface area contributed by atoms with Crippen molar-refractivity contribution in [2.75, 3.05) is 19.0 Å². The highest BCUT2D eigenvalue weighted by molar-refractivity contribution is 6.07. The van der Waals surface area contributed by atoms with Crippen LogP contribution in [0.2, 0.25) is 0 Å². The minimum Gasteiger partial charge on any atom is -0.466 e. The Morgan fingerprint density at radius 2 is 2.00 bits per heavy atom. The summed E-state index contributed by atoms with van der Waals surface area (Å²) in [6.07, 6.45) is 1.67. The molecule has 3 amide bonds. The Hall–Kier alpha value is -2.83. The molecule has 1 saturated heterocycles. The van der Waals surface area contributed by atoms with E-state index in [-0.39, 0.29) is 12.5 Å². The van der Waals surface area contributed by atoms with E-state index in [9.17, 15) is 9.59 Å². The Balaban J connectivity index is 1.89. The molecule has 7 heteroatoms. The quantitative estimate of drug-likeness (QED) is 0.863. The van der Waals surface area contributed by atoms with Gasteiger partial charge in [0.1, 0.15) is 22.9 Å². The predicted octanol–water partition coefficient (Wildman–Crippen LogP) is 2.32. The van der Waals surface area contributed by atoms with Crippen LogP contribution in [-0.4, -0.2) is 35.9 Å². The number of carbonyl (C=O) groups is 2. The molecule has 1 aliphatic heterocycles. The molecule has 2 aromatic heterocycles. The van der Waals surface area contributed by atoms with Crippen LogP contribution in [0.1, 0.15) is 29.6 Å². The Labute approximate surface area is 146 Å². The molecule has 0 bridgehead atoms. The second-order valence-electron chi connectivity index (χ2n) is 6.69. The maximum atomic E-state index is 13.0. The van der Waals surface area contributed by atoms with Crippen molar-refractivity contribution in [1.82, 2.24) is 15.2 Å². The number of imide groups is 1. The van der Waals surface area contributed by atoms with E-state index < -0.39 is 11.6 Å². The second kappa shape index (κ2) is 5.91. The topological polar surface area (TPSA) is 78.7 Å². The Morgan fingerprint density at radius 3 is 2.60 bits per heavy atom. The van der Waals surface area contributed by atoms with Crippen LogP contribution in [0.3, 0.4) is 0 Å². The average molecular weight is 342 g/mol. The standard InChI is InChI=1S/C18H22N4O3/c1-11-8-14(12(2)25-11)18(3)16(23)22(17(24)20-18)10-13-6-7-19-15(9-13)21(4)5/h6-9H,10H2,1-5H3,(H,20,24)/t18-/m0/s1. The molecule has 1 atom stereocenters. The van der Waals surface area contributed by atoms with Gasteiger partial charge in [-0.15, -0.1) is 0 Å². The third kappa shape index (κ3) is 2.86. The summed E-state index contributed by atoms with van der Waals surface area (Å²) in [7, 11) is 3.78. The van der Waals surface area contributed by atoms with Crippen LogP contribution >= 0.6 is 0 Å². The fourth-order valence-electron chi connectivity index (χ4n) is 3.14. The first-order valence-corrected chi connectivity index (χ1v) is 8.06. The van der Waals surface area contributed by atoms with Gasteiger partial charge in [-0.1, -0.05) is 0 Å². The van der Waals surface area contributed by atoms with Crippen LogP contribution in [0, 0.1) is 13.8 Å². The smallest absolute Gasteiger partial charge is 0.325 e. The number of nitrogens with zero attached hydrogens (tertiary/aromatic N) is 3. The van der Waals surface area contributed by atoms with Gasteiger partial charge in [0.2, 0.25) is 0 Å². The molecule has 7 nitrogen and oxygen atoms in total. The lowest BCUT2D eigenvalue weighted by Gasteiger charge is -2.21. The van der Waals surface area contributed by atoms with Gasteiger partial charge in [-0.2, -0.15) is 0 Å². The van der Waals surface area contributed by atoms with Crippen molar-refractivity contribution in [3.63, 3.8) is 0 Å². The summed E-state index contributed by atoms with van der Waals surface area (Å²) in [5, 5.41) is 2.81. The number of urea groups is 1. The number of hydrogen-bond donors (Lipinski definition) is 1. The normalized spacial score (nSPS) is 20.1. The van der Waals surface area contributed by atoms with Gasteiger partial charge in [-0.05, 0) is 44.5 Å². The first kappa shape index (κ1) is 17.0. The van der Waals surface area contributed by atoms with E-state index in [2.05, 4.69) is 10.3 Å². The lowest BCUT2D eigenvalue weighted by Crippen LogP contribution is -2.41. The van der Waals surface area contributed by atoms with Crippen LogP contribution in [0.4, 0.5) is 10.6 Å². The van der Waals surface area contributed by atoms with Crippen molar-refractivity contribution >= 4 is 17.8 Å². The third-order valence-electron chi connectivity index (χ3n) is 4.46. The van der Waals surface area contributed by atoms with E-state index in [0.29, 0.717) is 17.1 Å². The van der Waals surface area contributed by atoms with Crippen molar-refractivity contribution in [3.05, 3.63) is 47.0 Å². The van der Waals surface area contributed by atoms with Gasteiger partial charge in [-0.25, -0.2) is 9.78 Å². The molecule has 0 aliphatic carbocycles. The molecular formula is C18H22N4O3.